The summed E-state index contributed by atoms with van der Waals surface area (Å²) in [6.07, 6.45) is 0.802. The molecule has 4 heteroatoms. The molecule has 0 bridgehead atoms. The number of hydrogen-bond acceptors (Lipinski definition) is 3. The molecule has 0 aromatic heterocycles. The van der Waals surface area contributed by atoms with Gasteiger partial charge in [0.1, 0.15) is 0 Å². The Morgan fingerprint density at radius 1 is 1.00 bits per heavy atom. The number of aryl methyl sites for hydroxylation is 1. The molecule has 0 aliphatic carbocycles. The van der Waals surface area contributed by atoms with Gasteiger partial charge in [0.15, 0.2) is 0 Å². The highest BCUT2D eigenvalue weighted by Gasteiger charge is 2.15. The molecule has 126 valence electrons. The van der Waals surface area contributed by atoms with Crippen molar-refractivity contribution in [3.8, 4) is 0 Å². The summed E-state index contributed by atoms with van der Waals surface area (Å²) in [5, 5.41) is 2.70. The van der Waals surface area contributed by atoms with Gasteiger partial charge in [-0.3, -0.25) is 9.59 Å². The van der Waals surface area contributed by atoms with Gasteiger partial charge in [-0.05, 0) is 32.5 Å². The molecule has 0 fully saturated rings. The number of Topliss-reactive ketones (excluding diaryl/α,β-unsaturated/α-hetero) is 1. The van der Waals surface area contributed by atoms with Crippen LogP contribution in [0.5, 0.6) is 0 Å². The first-order valence-corrected chi connectivity index (χ1v) is 8.18. The lowest BCUT2D eigenvalue weighted by molar-refractivity contribution is -0.117. The van der Waals surface area contributed by atoms with Crippen molar-refractivity contribution in [3.05, 3.63) is 71.3 Å². The molecule has 2 aromatic carbocycles. The van der Waals surface area contributed by atoms with E-state index in [0.717, 1.165) is 25.1 Å². The number of nitrogens with zero attached hydrogens (tertiary/aromatic N) is 1. The molecule has 4 nitrogen and oxygen atoms in total. The Morgan fingerprint density at radius 3 is 2.33 bits per heavy atom. The number of amides is 1. The van der Waals surface area contributed by atoms with E-state index in [1.165, 1.54) is 5.56 Å². The summed E-state index contributed by atoms with van der Waals surface area (Å²) in [6.45, 7) is 4.17. The Morgan fingerprint density at radius 2 is 1.67 bits per heavy atom. The van der Waals surface area contributed by atoms with Crippen LogP contribution < -0.4 is 5.32 Å². The Balaban J connectivity index is 1.69. The van der Waals surface area contributed by atoms with Crippen molar-refractivity contribution in [1.82, 2.24) is 10.2 Å². The number of carbonyl (C=O) groups is 2. The number of benzene rings is 2. The first-order chi connectivity index (χ1) is 11.6. The molecule has 0 unspecified atom stereocenters. The van der Waals surface area contributed by atoms with E-state index in [9.17, 15) is 9.59 Å². The van der Waals surface area contributed by atoms with Crippen molar-refractivity contribution >= 4 is 11.7 Å². The SMILES string of the molecule is Cc1ccc(C(=O)C(=O)NCCCN(C)Cc2ccccc2)cc1. The van der Waals surface area contributed by atoms with Gasteiger partial charge in [-0.15, -0.1) is 0 Å². The Hall–Kier alpha value is -2.46. The highest BCUT2D eigenvalue weighted by atomic mass is 16.2. The Labute approximate surface area is 143 Å². The maximum absolute atomic E-state index is 12.0. The van der Waals surface area contributed by atoms with E-state index in [2.05, 4.69) is 22.3 Å². The molecule has 1 amide bonds. The molecule has 0 radical (unpaired) electrons. The largest absolute Gasteiger partial charge is 0.349 e. The second-order valence-electron chi connectivity index (χ2n) is 6.03. The number of hydrogen-bond donors (Lipinski definition) is 1. The summed E-state index contributed by atoms with van der Waals surface area (Å²) in [5.74, 6) is -1.02. The zero-order chi connectivity index (χ0) is 17.4. The van der Waals surface area contributed by atoms with E-state index >= 15 is 0 Å². The van der Waals surface area contributed by atoms with Crippen LogP contribution in [0.4, 0.5) is 0 Å². The van der Waals surface area contributed by atoms with Crippen molar-refractivity contribution in [2.45, 2.75) is 19.9 Å². The molecule has 0 saturated heterocycles. The standard InChI is InChI=1S/C20H24N2O2/c1-16-9-11-18(12-10-16)19(23)20(24)21-13-6-14-22(2)15-17-7-4-3-5-8-17/h3-5,7-12H,6,13-15H2,1-2H3,(H,21,24). The lowest BCUT2D eigenvalue weighted by Gasteiger charge is -2.16. The fraction of sp³-hybridized carbons (Fsp3) is 0.300. The predicted octanol–water partition coefficient (Wildman–Crippen LogP) is 2.82. The van der Waals surface area contributed by atoms with E-state index in [1.54, 1.807) is 12.1 Å². The van der Waals surface area contributed by atoms with Gasteiger partial charge in [0, 0.05) is 18.7 Å². The quantitative estimate of drug-likeness (QED) is 0.461. The minimum Gasteiger partial charge on any atom is -0.349 e. The molecular formula is C20H24N2O2. The maximum Gasteiger partial charge on any atom is 0.292 e. The highest BCUT2D eigenvalue weighted by Crippen LogP contribution is 2.05. The van der Waals surface area contributed by atoms with Crippen LogP contribution in [-0.2, 0) is 11.3 Å². The van der Waals surface area contributed by atoms with Crippen LogP contribution in [0.25, 0.3) is 0 Å². The minimum atomic E-state index is -0.537. The zero-order valence-corrected chi connectivity index (χ0v) is 14.3. The number of nitrogens with one attached hydrogen (secondary N) is 1. The molecule has 2 aromatic rings. The predicted molar refractivity (Wildman–Crippen MR) is 95.9 cm³/mol. The molecule has 0 atom stereocenters. The molecule has 0 spiro atoms. The fourth-order valence-corrected chi connectivity index (χ4v) is 2.44. The van der Waals surface area contributed by atoms with Crippen molar-refractivity contribution in [3.63, 3.8) is 0 Å². The van der Waals surface area contributed by atoms with Crippen molar-refractivity contribution in [2.24, 2.45) is 0 Å². The number of ketones is 1. The lowest BCUT2D eigenvalue weighted by atomic mass is 10.1. The zero-order valence-electron chi connectivity index (χ0n) is 14.3. The van der Waals surface area contributed by atoms with Crippen molar-refractivity contribution in [2.75, 3.05) is 20.1 Å². The second kappa shape index (κ2) is 8.99. The van der Waals surface area contributed by atoms with Gasteiger partial charge in [-0.25, -0.2) is 0 Å². The summed E-state index contributed by atoms with van der Waals surface area (Å²) < 4.78 is 0. The van der Waals surface area contributed by atoms with Gasteiger partial charge in [0.2, 0.25) is 5.78 Å². The van der Waals surface area contributed by atoms with Crippen LogP contribution in [0.1, 0.15) is 27.9 Å². The number of carbonyl (C=O) groups excluding carboxylic acids is 2. The average molecular weight is 324 g/mol. The first-order valence-electron chi connectivity index (χ1n) is 8.18. The smallest absolute Gasteiger partial charge is 0.292 e. The number of rotatable bonds is 8. The van der Waals surface area contributed by atoms with Crippen LogP contribution in [0.2, 0.25) is 0 Å². The molecule has 24 heavy (non-hydrogen) atoms. The molecule has 1 N–H and O–H groups in total. The second-order valence-corrected chi connectivity index (χ2v) is 6.03. The Bertz CT molecular complexity index is 666. The summed E-state index contributed by atoms with van der Waals surface area (Å²) in [6, 6.07) is 17.3. The van der Waals surface area contributed by atoms with Crippen LogP contribution >= 0.6 is 0 Å². The topological polar surface area (TPSA) is 49.4 Å². The third-order valence-electron chi connectivity index (χ3n) is 3.82. The normalized spacial score (nSPS) is 10.6. The van der Waals surface area contributed by atoms with Crippen molar-refractivity contribution in [1.29, 1.82) is 0 Å². The molecule has 0 aliphatic rings. The summed E-state index contributed by atoms with van der Waals surface area (Å²) in [4.78, 5) is 26.1. The van der Waals surface area contributed by atoms with Crippen LogP contribution in [0, 0.1) is 6.92 Å². The fourth-order valence-electron chi connectivity index (χ4n) is 2.44. The van der Waals surface area contributed by atoms with Crippen LogP contribution in [-0.4, -0.2) is 36.7 Å². The van der Waals surface area contributed by atoms with Gasteiger partial charge in [0.05, 0.1) is 0 Å². The summed E-state index contributed by atoms with van der Waals surface area (Å²) >= 11 is 0. The van der Waals surface area contributed by atoms with Gasteiger partial charge in [0.25, 0.3) is 5.91 Å². The van der Waals surface area contributed by atoms with E-state index in [4.69, 9.17) is 0 Å². The van der Waals surface area contributed by atoms with Crippen LogP contribution in [0.3, 0.4) is 0 Å². The van der Waals surface area contributed by atoms with Crippen molar-refractivity contribution < 1.29 is 9.59 Å². The van der Waals surface area contributed by atoms with Gasteiger partial charge < -0.3 is 10.2 Å². The van der Waals surface area contributed by atoms with E-state index in [-0.39, 0.29) is 0 Å². The van der Waals surface area contributed by atoms with Gasteiger partial charge >= 0.3 is 0 Å². The van der Waals surface area contributed by atoms with Gasteiger partial charge in [-0.1, -0.05) is 60.2 Å². The average Bonchev–Trinajstić information content (AvgIpc) is 2.59. The maximum atomic E-state index is 12.0. The van der Waals surface area contributed by atoms with E-state index < -0.39 is 11.7 Å². The molecule has 0 heterocycles. The third kappa shape index (κ3) is 5.63. The minimum absolute atomic E-state index is 0.430. The molecular weight excluding hydrogens is 300 g/mol. The monoisotopic (exact) mass is 324 g/mol. The molecule has 0 aliphatic heterocycles. The Kier molecular flexibility index (Phi) is 6.70. The molecule has 2 rings (SSSR count). The summed E-state index contributed by atoms with van der Waals surface area (Å²) in [7, 11) is 2.05. The van der Waals surface area contributed by atoms with E-state index in [1.807, 2.05) is 44.3 Å². The highest BCUT2D eigenvalue weighted by molar-refractivity contribution is 6.42. The molecule has 0 saturated carbocycles. The van der Waals surface area contributed by atoms with Crippen LogP contribution in [0.15, 0.2) is 54.6 Å². The third-order valence-corrected chi connectivity index (χ3v) is 3.82. The first kappa shape index (κ1) is 17.9. The summed E-state index contributed by atoms with van der Waals surface area (Å²) in [5.41, 5.74) is 2.76. The van der Waals surface area contributed by atoms with E-state index in [0.29, 0.717) is 12.1 Å². The lowest BCUT2D eigenvalue weighted by Crippen LogP contribution is -2.33. The van der Waals surface area contributed by atoms with Gasteiger partial charge in [-0.2, -0.15) is 0 Å².